The van der Waals surface area contributed by atoms with E-state index in [0.717, 1.165) is 12.1 Å². The minimum atomic E-state index is -1.02. The minimum absolute atomic E-state index is 0.0391. The smallest absolute Gasteiger partial charge is 0.256 e. The predicted octanol–water partition coefficient (Wildman–Crippen LogP) is 2.62. The molecule has 0 spiro atoms. The highest BCUT2D eigenvalue weighted by Crippen LogP contribution is 2.24. The van der Waals surface area contributed by atoms with Gasteiger partial charge >= 0.3 is 0 Å². The molecule has 0 atom stereocenters. The van der Waals surface area contributed by atoms with E-state index in [1.807, 2.05) is 0 Å². The van der Waals surface area contributed by atoms with E-state index in [4.69, 9.17) is 21.4 Å². The lowest BCUT2D eigenvalue weighted by atomic mass is 10.1. The van der Waals surface area contributed by atoms with E-state index in [1.165, 1.54) is 4.90 Å². The number of hydrogen-bond donors (Lipinski definition) is 1. The van der Waals surface area contributed by atoms with Crippen LogP contribution in [0.1, 0.15) is 29.6 Å². The molecule has 7 heteroatoms. The molecule has 22 heavy (non-hydrogen) atoms. The highest BCUT2D eigenvalue weighted by Gasteiger charge is 2.27. The molecule has 1 amide bonds. The molecule has 0 aliphatic carbocycles. The fraction of sp³-hybridized carbons (Fsp3) is 0.533. The maximum absolute atomic E-state index is 13.9. The first-order valence-corrected chi connectivity index (χ1v) is 7.57. The molecule has 1 aliphatic rings. The number of ether oxygens (including phenoxy) is 1. The Bertz CT molecular complexity index is 534. The molecule has 0 saturated carbocycles. The molecule has 122 valence electrons. The van der Waals surface area contributed by atoms with Crippen molar-refractivity contribution in [3.63, 3.8) is 0 Å². The highest BCUT2D eigenvalue weighted by molar-refractivity contribution is 6.31. The molecular formula is C15H18ClF2NO3. The number of benzene rings is 1. The van der Waals surface area contributed by atoms with E-state index in [0.29, 0.717) is 39.0 Å². The van der Waals surface area contributed by atoms with Crippen molar-refractivity contribution in [1.82, 2.24) is 4.90 Å². The Kier molecular flexibility index (Phi) is 6.11. The molecule has 1 aromatic rings. The largest absolute Gasteiger partial charge is 0.396 e. The SMILES string of the molecule is O=C(c1ccc(F)c(Cl)c1F)N1CCC(OCCCO)CC1. The number of nitrogens with zero attached hydrogens (tertiary/aromatic N) is 1. The summed E-state index contributed by atoms with van der Waals surface area (Å²) >= 11 is 5.50. The molecule has 0 radical (unpaired) electrons. The average molecular weight is 334 g/mol. The van der Waals surface area contributed by atoms with Gasteiger partial charge in [0.05, 0.1) is 11.7 Å². The fourth-order valence-electron chi connectivity index (χ4n) is 2.40. The Morgan fingerprint density at radius 2 is 2.05 bits per heavy atom. The predicted molar refractivity (Wildman–Crippen MR) is 77.9 cm³/mol. The molecule has 1 aliphatic heterocycles. The molecular weight excluding hydrogens is 316 g/mol. The van der Waals surface area contributed by atoms with Gasteiger partial charge < -0.3 is 14.7 Å². The first kappa shape index (κ1) is 17.1. The van der Waals surface area contributed by atoms with Crippen LogP contribution in [0.15, 0.2) is 12.1 Å². The normalized spacial score (nSPS) is 16.1. The zero-order valence-electron chi connectivity index (χ0n) is 12.0. The number of carbonyl (C=O) groups is 1. The molecule has 2 rings (SSSR count). The van der Waals surface area contributed by atoms with Crippen molar-refractivity contribution in [1.29, 1.82) is 0 Å². The Labute approximate surface area is 132 Å². The topological polar surface area (TPSA) is 49.8 Å². The summed E-state index contributed by atoms with van der Waals surface area (Å²) in [7, 11) is 0. The van der Waals surface area contributed by atoms with E-state index in [1.54, 1.807) is 0 Å². The van der Waals surface area contributed by atoms with Gasteiger partial charge in [0, 0.05) is 26.3 Å². The van der Waals surface area contributed by atoms with E-state index >= 15 is 0 Å². The average Bonchev–Trinajstić information content (AvgIpc) is 2.53. The second kappa shape index (κ2) is 7.85. The van der Waals surface area contributed by atoms with Crippen LogP contribution in [-0.2, 0) is 4.74 Å². The number of hydrogen-bond acceptors (Lipinski definition) is 3. The van der Waals surface area contributed by atoms with Crippen molar-refractivity contribution in [2.24, 2.45) is 0 Å². The monoisotopic (exact) mass is 333 g/mol. The van der Waals surface area contributed by atoms with Crippen molar-refractivity contribution in [2.45, 2.75) is 25.4 Å². The first-order valence-electron chi connectivity index (χ1n) is 7.19. The third-order valence-electron chi connectivity index (χ3n) is 3.65. The Hall–Kier alpha value is -1.24. The van der Waals surface area contributed by atoms with Crippen LogP contribution < -0.4 is 0 Å². The molecule has 1 saturated heterocycles. The van der Waals surface area contributed by atoms with Gasteiger partial charge in [0.15, 0.2) is 5.82 Å². The summed E-state index contributed by atoms with van der Waals surface area (Å²) in [6, 6.07) is 2.10. The third kappa shape index (κ3) is 3.94. The lowest BCUT2D eigenvalue weighted by Gasteiger charge is -2.32. The van der Waals surface area contributed by atoms with Crippen molar-refractivity contribution in [2.75, 3.05) is 26.3 Å². The third-order valence-corrected chi connectivity index (χ3v) is 4.00. The molecule has 0 aromatic heterocycles. The van der Waals surface area contributed by atoms with Crippen LogP contribution in [0.4, 0.5) is 8.78 Å². The van der Waals surface area contributed by atoms with Crippen molar-refractivity contribution < 1.29 is 23.4 Å². The Morgan fingerprint density at radius 3 is 2.68 bits per heavy atom. The Balaban J connectivity index is 1.94. The molecule has 0 bridgehead atoms. The van der Waals surface area contributed by atoms with Crippen LogP contribution in [0.25, 0.3) is 0 Å². The van der Waals surface area contributed by atoms with Gasteiger partial charge in [-0.05, 0) is 31.4 Å². The summed E-state index contributed by atoms with van der Waals surface area (Å²) in [4.78, 5) is 13.8. The first-order chi connectivity index (χ1) is 10.5. The Morgan fingerprint density at radius 1 is 1.36 bits per heavy atom. The van der Waals surface area contributed by atoms with Crippen LogP contribution in [0.3, 0.4) is 0 Å². The van der Waals surface area contributed by atoms with Gasteiger partial charge in [-0.15, -0.1) is 0 Å². The summed E-state index contributed by atoms with van der Waals surface area (Å²) in [6.07, 6.45) is 1.91. The zero-order chi connectivity index (χ0) is 16.1. The minimum Gasteiger partial charge on any atom is -0.396 e. The highest BCUT2D eigenvalue weighted by atomic mass is 35.5. The number of halogens is 3. The van der Waals surface area contributed by atoms with Crippen molar-refractivity contribution in [3.05, 3.63) is 34.4 Å². The molecule has 4 nitrogen and oxygen atoms in total. The van der Waals surface area contributed by atoms with E-state index in [9.17, 15) is 13.6 Å². The van der Waals surface area contributed by atoms with Gasteiger partial charge in [0.1, 0.15) is 10.8 Å². The lowest BCUT2D eigenvalue weighted by molar-refractivity contribution is 0.00388. The molecule has 1 fully saturated rings. The summed E-state index contributed by atoms with van der Waals surface area (Å²) in [6.45, 7) is 1.45. The number of carbonyl (C=O) groups excluding carboxylic acids is 1. The van der Waals surface area contributed by atoms with E-state index in [-0.39, 0.29) is 18.3 Å². The number of likely N-dealkylation sites (tertiary alicyclic amines) is 1. The maximum atomic E-state index is 13.9. The quantitative estimate of drug-likeness (QED) is 0.665. The second-order valence-electron chi connectivity index (χ2n) is 5.16. The second-order valence-corrected chi connectivity index (χ2v) is 5.54. The van der Waals surface area contributed by atoms with Crippen molar-refractivity contribution in [3.8, 4) is 0 Å². The lowest BCUT2D eigenvalue weighted by Crippen LogP contribution is -2.41. The van der Waals surface area contributed by atoms with Crippen molar-refractivity contribution >= 4 is 17.5 Å². The number of piperidine rings is 1. The van der Waals surface area contributed by atoms with Gasteiger partial charge in [-0.1, -0.05) is 11.6 Å². The van der Waals surface area contributed by atoms with Gasteiger partial charge in [-0.3, -0.25) is 4.79 Å². The molecule has 0 unspecified atom stereocenters. The van der Waals surface area contributed by atoms with E-state index in [2.05, 4.69) is 0 Å². The number of amides is 1. The summed E-state index contributed by atoms with van der Waals surface area (Å²) < 4.78 is 32.6. The van der Waals surface area contributed by atoms with Crippen LogP contribution in [0.2, 0.25) is 5.02 Å². The van der Waals surface area contributed by atoms with Gasteiger partial charge in [-0.25, -0.2) is 8.78 Å². The van der Waals surface area contributed by atoms with Crippen LogP contribution in [0.5, 0.6) is 0 Å². The summed E-state index contributed by atoms with van der Waals surface area (Å²) in [5.41, 5.74) is -0.217. The standard InChI is InChI=1S/C15H18ClF2NO3/c16-13-12(17)3-2-11(14(13)18)15(21)19-6-4-10(5-7-19)22-9-1-8-20/h2-3,10,20H,1,4-9H2. The van der Waals surface area contributed by atoms with Gasteiger partial charge in [0.2, 0.25) is 0 Å². The molecule has 1 N–H and O–H groups in total. The van der Waals surface area contributed by atoms with Crippen LogP contribution >= 0.6 is 11.6 Å². The number of aliphatic hydroxyl groups is 1. The maximum Gasteiger partial charge on any atom is 0.256 e. The van der Waals surface area contributed by atoms with Crippen LogP contribution in [0, 0.1) is 11.6 Å². The number of aliphatic hydroxyl groups excluding tert-OH is 1. The summed E-state index contributed by atoms with van der Waals surface area (Å²) in [5.74, 6) is -2.40. The molecule has 1 heterocycles. The van der Waals surface area contributed by atoms with Gasteiger partial charge in [0.25, 0.3) is 5.91 Å². The zero-order valence-corrected chi connectivity index (χ0v) is 12.8. The van der Waals surface area contributed by atoms with E-state index < -0.39 is 22.6 Å². The van der Waals surface area contributed by atoms with Crippen LogP contribution in [-0.4, -0.2) is 48.3 Å². The molecule has 1 aromatic carbocycles. The van der Waals surface area contributed by atoms with Gasteiger partial charge in [-0.2, -0.15) is 0 Å². The fourth-order valence-corrected chi connectivity index (χ4v) is 2.57. The summed E-state index contributed by atoms with van der Waals surface area (Å²) in [5, 5.41) is 8.04. The number of rotatable bonds is 5.